The average molecular weight is 576 g/mol. The summed E-state index contributed by atoms with van der Waals surface area (Å²) in [6.07, 6.45) is 3.43. The first-order valence-electron chi connectivity index (χ1n) is 13.3. The topological polar surface area (TPSA) is 51.7 Å². The molecule has 0 radical (unpaired) electrons. The quantitative estimate of drug-likeness (QED) is 0.402. The Kier molecular flexibility index (Phi) is 8.87. The van der Waals surface area contributed by atoms with Crippen molar-refractivity contribution >= 4 is 23.3 Å². The second kappa shape index (κ2) is 12.5. The van der Waals surface area contributed by atoms with Crippen molar-refractivity contribution in [3.63, 3.8) is 0 Å². The van der Waals surface area contributed by atoms with E-state index in [-0.39, 0.29) is 12.1 Å². The molecule has 2 saturated heterocycles. The predicted molar refractivity (Wildman–Crippen MR) is 145 cm³/mol. The summed E-state index contributed by atoms with van der Waals surface area (Å²) in [7, 11) is 0. The van der Waals surface area contributed by atoms with Crippen LogP contribution in [0, 0.1) is 23.3 Å². The van der Waals surface area contributed by atoms with Gasteiger partial charge in [0.05, 0.1) is 10.6 Å². The molecule has 3 aromatic rings. The number of nitrogens with one attached hydrogen (secondary N) is 1. The first-order chi connectivity index (χ1) is 19.3. The Balaban J connectivity index is 1.09. The van der Waals surface area contributed by atoms with E-state index in [4.69, 9.17) is 11.6 Å². The fraction of sp³-hybridized carbons (Fsp3) is 0.379. The molecule has 5 rings (SSSR count). The molecule has 3 heterocycles. The van der Waals surface area contributed by atoms with E-state index in [2.05, 4.69) is 25.0 Å². The molecule has 0 aliphatic carbocycles. The van der Waals surface area contributed by atoms with Crippen molar-refractivity contribution in [2.24, 2.45) is 0 Å². The van der Waals surface area contributed by atoms with Gasteiger partial charge >= 0.3 is 0 Å². The molecular formula is C29H30ClF4N5O. The monoisotopic (exact) mass is 575 g/mol. The van der Waals surface area contributed by atoms with Crippen LogP contribution in [0.4, 0.5) is 23.4 Å². The van der Waals surface area contributed by atoms with Gasteiger partial charge in [-0.25, -0.2) is 22.5 Å². The summed E-state index contributed by atoms with van der Waals surface area (Å²) in [6.45, 7) is 5.43. The number of carbonyl (C=O) groups is 1. The third-order valence-electron chi connectivity index (χ3n) is 7.62. The molecule has 2 aliphatic heterocycles. The SMILES string of the molecule is O=C(NCc1ccc(F)c(F)c1)c1cnc(N2CCN(C3CCN(Cc4ccc(F)cc4F)CC3)CC2)c(Cl)c1. The molecule has 6 nitrogen and oxygen atoms in total. The van der Waals surface area contributed by atoms with Gasteiger partial charge in [0, 0.05) is 63.1 Å². The van der Waals surface area contributed by atoms with Crippen LogP contribution >= 0.6 is 11.6 Å². The molecular weight excluding hydrogens is 546 g/mol. The van der Waals surface area contributed by atoms with Gasteiger partial charge in [0.15, 0.2) is 11.6 Å². The van der Waals surface area contributed by atoms with Gasteiger partial charge in [-0.1, -0.05) is 23.7 Å². The van der Waals surface area contributed by atoms with Gasteiger partial charge in [0.2, 0.25) is 0 Å². The third kappa shape index (κ3) is 6.74. The molecule has 0 atom stereocenters. The van der Waals surface area contributed by atoms with Crippen molar-refractivity contribution in [2.45, 2.75) is 32.0 Å². The Hall–Kier alpha value is -3.21. The Morgan fingerprint density at radius 2 is 1.65 bits per heavy atom. The molecule has 2 aliphatic rings. The van der Waals surface area contributed by atoms with Crippen LogP contribution in [0.25, 0.3) is 0 Å². The fourth-order valence-corrected chi connectivity index (χ4v) is 5.64. The van der Waals surface area contributed by atoms with Gasteiger partial charge in [-0.05, 0) is 55.8 Å². The number of halogens is 5. The lowest BCUT2D eigenvalue weighted by atomic mass is 10.0. The summed E-state index contributed by atoms with van der Waals surface area (Å²) >= 11 is 6.51. The number of anilines is 1. The number of rotatable bonds is 7. The van der Waals surface area contributed by atoms with Gasteiger partial charge in [-0.3, -0.25) is 14.6 Å². The normalized spacial score (nSPS) is 17.3. The number of hydrogen-bond donors (Lipinski definition) is 1. The largest absolute Gasteiger partial charge is 0.353 e. The van der Waals surface area contributed by atoms with Crippen LogP contribution in [-0.4, -0.2) is 66.0 Å². The zero-order chi connectivity index (χ0) is 28.2. The summed E-state index contributed by atoms with van der Waals surface area (Å²) in [5.74, 6) is -2.76. The highest BCUT2D eigenvalue weighted by atomic mass is 35.5. The number of carbonyl (C=O) groups excluding carboxylic acids is 1. The number of likely N-dealkylation sites (tertiary alicyclic amines) is 1. The van der Waals surface area contributed by atoms with E-state index in [1.807, 2.05) is 0 Å². The first-order valence-corrected chi connectivity index (χ1v) is 13.7. The van der Waals surface area contributed by atoms with E-state index in [9.17, 15) is 22.4 Å². The zero-order valence-corrected chi connectivity index (χ0v) is 22.6. The molecule has 212 valence electrons. The number of nitrogens with zero attached hydrogens (tertiary/aromatic N) is 4. The smallest absolute Gasteiger partial charge is 0.253 e. The molecule has 0 bridgehead atoms. The third-order valence-corrected chi connectivity index (χ3v) is 7.90. The molecule has 2 fully saturated rings. The van der Waals surface area contributed by atoms with Crippen LogP contribution in [0.1, 0.15) is 34.3 Å². The number of hydrogen-bond acceptors (Lipinski definition) is 5. The lowest BCUT2D eigenvalue weighted by molar-refractivity contribution is 0.0950. The summed E-state index contributed by atoms with van der Waals surface area (Å²) in [5, 5.41) is 3.04. The number of aromatic nitrogens is 1. The second-order valence-corrected chi connectivity index (χ2v) is 10.6. The van der Waals surface area contributed by atoms with Gasteiger partial charge < -0.3 is 10.2 Å². The Morgan fingerprint density at radius 1 is 0.900 bits per heavy atom. The van der Waals surface area contributed by atoms with Gasteiger partial charge in [0.25, 0.3) is 5.91 Å². The Bertz CT molecular complexity index is 1360. The molecule has 40 heavy (non-hydrogen) atoms. The number of pyridine rings is 1. The maximum absolute atomic E-state index is 14.0. The van der Waals surface area contributed by atoms with Crippen LogP contribution in [0.3, 0.4) is 0 Å². The second-order valence-electron chi connectivity index (χ2n) is 10.2. The summed E-state index contributed by atoms with van der Waals surface area (Å²) in [4.78, 5) is 23.8. The fourth-order valence-electron chi connectivity index (χ4n) is 5.35. The summed E-state index contributed by atoms with van der Waals surface area (Å²) in [6, 6.07) is 9.23. The van der Waals surface area contributed by atoms with E-state index in [0.29, 0.717) is 34.6 Å². The van der Waals surface area contributed by atoms with Crippen LogP contribution in [-0.2, 0) is 13.1 Å². The maximum Gasteiger partial charge on any atom is 0.253 e. The first kappa shape index (κ1) is 28.3. The highest BCUT2D eigenvalue weighted by Gasteiger charge is 2.29. The molecule has 0 spiro atoms. The van der Waals surface area contributed by atoms with Gasteiger partial charge in [-0.2, -0.15) is 0 Å². The molecule has 2 aromatic carbocycles. The Labute approximate surface area is 235 Å². The maximum atomic E-state index is 14.0. The minimum absolute atomic E-state index is 0.0411. The molecule has 1 amide bonds. The lowest BCUT2D eigenvalue weighted by Crippen LogP contribution is -2.53. The highest BCUT2D eigenvalue weighted by Crippen LogP contribution is 2.27. The van der Waals surface area contributed by atoms with Crippen LogP contribution in [0.2, 0.25) is 5.02 Å². The van der Waals surface area contributed by atoms with Crippen LogP contribution in [0.5, 0.6) is 0 Å². The van der Waals surface area contributed by atoms with E-state index in [1.54, 1.807) is 6.07 Å². The highest BCUT2D eigenvalue weighted by molar-refractivity contribution is 6.33. The predicted octanol–water partition coefficient (Wildman–Crippen LogP) is 5.01. The number of amides is 1. The standard InChI is InChI=1S/C29H30ClF4N5O/c30-24-14-21(29(40)36-16-19-1-4-25(32)27(34)13-19)17-35-28(24)39-11-9-38(10-12-39)23-5-7-37(8-6-23)18-20-2-3-22(31)15-26(20)33/h1-4,13-15,17,23H,5-12,16,18H2,(H,36,40). The van der Waals surface area contributed by atoms with E-state index in [0.717, 1.165) is 70.3 Å². The number of piperidine rings is 1. The zero-order valence-electron chi connectivity index (χ0n) is 21.9. The van der Waals surface area contributed by atoms with Crippen LogP contribution < -0.4 is 10.2 Å². The van der Waals surface area contributed by atoms with Crippen molar-refractivity contribution in [2.75, 3.05) is 44.2 Å². The average Bonchev–Trinajstić information content (AvgIpc) is 2.95. The molecule has 0 unspecified atom stereocenters. The van der Waals surface area contributed by atoms with Crippen molar-refractivity contribution in [3.05, 3.63) is 93.6 Å². The van der Waals surface area contributed by atoms with E-state index >= 15 is 0 Å². The molecule has 1 N–H and O–H groups in total. The summed E-state index contributed by atoms with van der Waals surface area (Å²) in [5.41, 5.74) is 1.24. The van der Waals surface area contributed by atoms with Gasteiger partial charge in [0.1, 0.15) is 17.5 Å². The minimum Gasteiger partial charge on any atom is -0.353 e. The number of benzene rings is 2. The van der Waals surface area contributed by atoms with Crippen molar-refractivity contribution < 1.29 is 22.4 Å². The Morgan fingerprint density at radius 3 is 2.33 bits per heavy atom. The van der Waals surface area contributed by atoms with Crippen molar-refractivity contribution in [1.29, 1.82) is 0 Å². The van der Waals surface area contributed by atoms with E-state index in [1.165, 1.54) is 24.4 Å². The summed E-state index contributed by atoms with van der Waals surface area (Å²) < 4.78 is 53.7. The molecule has 11 heteroatoms. The lowest BCUT2D eigenvalue weighted by Gasteiger charge is -2.43. The van der Waals surface area contributed by atoms with Crippen LogP contribution in [0.15, 0.2) is 48.7 Å². The minimum atomic E-state index is -0.968. The molecule has 1 aromatic heterocycles. The van der Waals surface area contributed by atoms with Gasteiger partial charge in [-0.15, -0.1) is 0 Å². The molecule has 0 saturated carbocycles. The van der Waals surface area contributed by atoms with E-state index < -0.39 is 29.2 Å². The van der Waals surface area contributed by atoms with Crippen molar-refractivity contribution in [3.8, 4) is 0 Å². The van der Waals surface area contributed by atoms with Crippen molar-refractivity contribution in [1.82, 2.24) is 20.1 Å². The number of piperazine rings is 1.